The second-order valence-corrected chi connectivity index (χ2v) is 6.12. The highest BCUT2D eigenvalue weighted by molar-refractivity contribution is 7.23. The normalized spacial score (nSPS) is 11.8. The molecule has 2 aromatic heterocycles. The summed E-state index contributed by atoms with van der Waals surface area (Å²) in [5, 5.41) is 17.0. The largest absolute Gasteiger partial charge is 0.481 e. The lowest BCUT2D eigenvalue weighted by molar-refractivity contribution is -0.137. The minimum Gasteiger partial charge on any atom is -0.481 e. The Morgan fingerprint density at radius 2 is 2.20 bits per heavy atom. The van der Waals surface area contributed by atoms with Gasteiger partial charge in [-0.15, -0.1) is 10.2 Å². The molecular weight excluding hydrogens is 274 g/mol. The van der Waals surface area contributed by atoms with E-state index in [1.807, 2.05) is 4.40 Å². The van der Waals surface area contributed by atoms with E-state index in [-0.39, 0.29) is 6.42 Å². The number of carboxylic acid groups (broad SMARTS) is 1. The minimum absolute atomic E-state index is 0.0716. The maximum Gasteiger partial charge on any atom is 0.303 e. The van der Waals surface area contributed by atoms with E-state index in [2.05, 4.69) is 42.2 Å². The molecule has 0 unspecified atom stereocenters. The third-order valence-corrected chi connectivity index (χ3v) is 4.35. The van der Waals surface area contributed by atoms with Crippen molar-refractivity contribution in [3.8, 4) is 0 Å². The van der Waals surface area contributed by atoms with Crippen LogP contribution in [0.25, 0.3) is 15.2 Å². The number of aryl methyl sites for hydroxylation is 1. The number of hydrogen-bond acceptors (Lipinski definition) is 4. The van der Waals surface area contributed by atoms with Crippen LogP contribution in [-0.2, 0) is 11.2 Å². The molecule has 6 heteroatoms. The summed E-state index contributed by atoms with van der Waals surface area (Å²) in [6.07, 6.45) is 0.469. The van der Waals surface area contributed by atoms with Gasteiger partial charge in [-0.1, -0.05) is 31.3 Å². The number of nitrogens with zero attached hydrogens (tertiary/aromatic N) is 3. The Bertz CT molecular complexity index is 788. The number of rotatable bonds is 4. The van der Waals surface area contributed by atoms with Crippen LogP contribution in [0.4, 0.5) is 0 Å². The highest BCUT2D eigenvalue weighted by atomic mass is 32.1. The number of aromatic nitrogens is 3. The van der Waals surface area contributed by atoms with E-state index in [0.717, 1.165) is 15.2 Å². The first-order valence-corrected chi connectivity index (χ1v) is 7.36. The Hall–Kier alpha value is -1.95. The number of hydrogen-bond donors (Lipinski definition) is 1. The molecule has 3 rings (SSSR count). The van der Waals surface area contributed by atoms with Crippen molar-refractivity contribution in [3.05, 3.63) is 29.6 Å². The first-order valence-electron chi connectivity index (χ1n) is 6.54. The topological polar surface area (TPSA) is 67.5 Å². The van der Waals surface area contributed by atoms with Gasteiger partial charge in [0.05, 0.1) is 16.6 Å². The van der Waals surface area contributed by atoms with Crippen LogP contribution in [0.2, 0.25) is 0 Å². The zero-order chi connectivity index (χ0) is 14.3. The van der Waals surface area contributed by atoms with Crippen molar-refractivity contribution in [2.24, 2.45) is 0 Å². The molecule has 0 radical (unpaired) electrons. The molecule has 0 fully saturated rings. The molecule has 20 heavy (non-hydrogen) atoms. The average Bonchev–Trinajstić information content (AvgIpc) is 2.94. The van der Waals surface area contributed by atoms with Crippen LogP contribution in [0.15, 0.2) is 18.2 Å². The van der Waals surface area contributed by atoms with E-state index in [1.54, 1.807) is 11.3 Å². The van der Waals surface area contributed by atoms with Gasteiger partial charge >= 0.3 is 5.97 Å². The Kier molecular flexibility index (Phi) is 3.17. The van der Waals surface area contributed by atoms with E-state index < -0.39 is 5.97 Å². The van der Waals surface area contributed by atoms with Crippen molar-refractivity contribution in [1.82, 2.24) is 14.6 Å². The molecule has 0 spiro atoms. The van der Waals surface area contributed by atoms with Gasteiger partial charge in [0, 0.05) is 6.42 Å². The molecule has 3 aromatic rings. The van der Waals surface area contributed by atoms with Gasteiger partial charge in [-0.25, -0.2) is 0 Å². The van der Waals surface area contributed by atoms with Gasteiger partial charge in [0.25, 0.3) is 0 Å². The molecule has 104 valence electrons. The van der Waals surface area contributed by atoms with Crippen molar-refractivity contribution in [2.45, 2.75) is 32.6 Å². The van der Waals surface area contributed by atoms with Crippen LogP contribution < -0.4 is 0 Å². The molecule has 0 aliphatic heterocycles. The number of carboxylic acids is 1. The Morgan fingerprint density at radius 1 is 1.40 bits per heavy atom. The Balaban J connectivity index is 2.11. The van der Waals surface area contributed by atoms with Gasteiger partial charge in [0.1, 0.15) is 5.82 Å². The lowest BCUT2D eigenvalue weighted by atomic mass is 10.0. The van der Waals surface area contributed by atoms with Crippen LogP contribution in [-0.4, -0.2) is 25.7 Å². The van der Waals surface area contributed by atoms with Crippen molar-refractivity contribution in [1.29, 1.82) is 0 Å². The van der Waals surface area contributed by atoms with E-state index in [9.17, 15) is 4.79 Å². The monoisotopic (exact) mass is 289 g/mol. The van der Waals surface area contributed by atoms with E-state index in [4.69, 9.17) is 5.11 Å². The van der Waals surface area contributed by atoms with E-state index >= 15 is 0 Å². The molecular formula is C14H15N3O2S. The minimum atomic E-state index is -0.816. The van der Waals surface area contributed by atoms with Crippen LogP contribution in [0, 0.1) is 0 Å². The molecule has 5 nitrogen and oxygen atoms in total. The highest BCUT2D eigenvalue weighted by Gasteiger charge is 2.14. The first-order chi connectivity index (χ1) is 9.56. The predicted octanol–water partition coefficient (Wildman–Crippen LogP) is 3.08. The van der Waals surface area contributed by atoms with Crippen molar-refractivity contribution < 1.29 is 9.90 Å². The molecule has 0 bridgehead atoms. The predicted molar refractivity (Wildman–Crippen MR) is 78.4 cm³/mol. The van der Waals surface area contributed by atoms with Crippen molar-refractivity contribution >= 4 is 32.5 Å². The number of carbonyl (C=O) groups is 1. The third kappa shape index (κ3) is 2.16. The van der Waals surface area contributed by atoms with Gasteiger partial charge in [-0.3, -0.25) is 9.20 Å². The summed E-state index contributed by atoms with van der Waals surface area (Å²) in [5.41, 5.74) is 2.35. The van der Waals surface area contributed by atoms with Crippen molar-refractivity contribution in [3.63, 3.8) is 0 Å². The van der Waals surface area contributed by atoms with Crippen LogP contribution in [0.3, 0.4) is 0 Å². The van der Waals surface area contributed by atoms with Gasteiger partial charge in [0.2, 0.25) is 4.96 Å². The highest BCUT2D eigenvalue weighted by Crippen LogP contribution is 2.29. The lowest BCUT2D eigenvalue weighted by Crippen LogP contribution is -2.01. The summed E-state index contributed by atoms with van der Waals surface area (Å²) >= 11 is 1.59. The Morgan fingerprint density at radius 3 is 2.90 bits per heavy atom. The fraction of sp³-hybridized carbons (Fsp3) is 0.357. The summed E-state index contributed by atoms with van der Waals surface area (Å²) < 4.78 is 3.13. The molecule has 1 aromatic carbocycles. The van der Waals surface area contributed by atoms with Gasteiger partial charge < -0.3 is 5.11 Å². The molecule has 0 atom stereocenters. The first kappa shape index (κ1) is 13.1. The molecule has 1 N–H and O–H groups in total. The second kappa shape index (κ2) is 4.86. The number of fused-ring (bicyclic) bond motifs is 3. The van der Waals surface area contributed by atoms with Gasteiger partial charge in [0.15, 0.2) is 0 Å². The Labute approximate surface area is 119 Å². The number of aliphatic carboxylic acids is 1. The standard InChI is InChI=1S/C14H15N3O2S/c1-8(2)9-3-4-10-11(7-9)20-14-16-15-12(17(10)14)5-6-13(18)19/h3-4,7-8H,5-6H2,1-2H3,(H,18,19). The van der Waals surface area contributed by atoms with E-state index in [1.165, 1.54) is 5.56 Å². The fourth-order valence-corrected chi connectivity index (χ4v) is 3.28. The second-order valence-electron chi connectivity index (χ2n) is 5.11. The smallest absolute Gasteiger partial charge is 0.303 e. The molecule has 0 saturated carbocycles. The summed E-state index contributed by atoms with van der Waals surface area (Å²) in [6, 6.07) is 6.36. The molecule has 0 aliphatic carbocycles. The van der Waals surface area contributed by atoms with Crippen LogP contribution in [0.5, 0.6) is 0 Å². The maximum atomic E-state index is 10.7. The van der Waals surface area contributed by atoms with Gasteiger partial charge in [-0.05, 0) is 23.6 Å². The fourth-order valence-electron chi connectivity index (χ4n) is 2.24. The van der Waals surface area contributed by atoms with E-state index in [0.29, 0.717) is 18.2 Å². The molecule has 2 heterocycles. The van der Waals surface area contributed by atoms with Gasteiger partial charge in [-0.2, -0.15) is 0 Å². The summed E-state index contributed by atoms with van der Waals surface area (Å²) in [4.78, 5) is 11.5. The zero-order valence-electron chi connectivity index (χ0n) is 11.3. The maximum absolute atomic E-state index is 10.7. The van der Waals surface area contributed by atoms with Crippen molar-refractivity contribution in [2.75, 3.05) is 0 Å². The third-order valence-electron chi connectivity index (χ3n) is 3.36. The van der Waals surface area contributed by atoms with Crippen LogP contribution in [0.1, 0.15) is 37.6 Å². The molecule has 0 amide bonds. The summed E-state index contributed by atoms with van der Waals surface area (Å²) in [5.74, 6) is 0.382. The molecule has 0 aliphatic rings. The quantitative estimate of drug-likeness (QED) is 0.801. The SMILES string of the molecule is CC(C)c1ccc2c(c1)sc1nnc(CCC(=O)O)n12. The summed E-state index contributed by atoms with van der Waals surface area (Å²) in [6.45, 7) is 4.33. The average molecular weight is 289 g/mol. The zero-order valence-corrected chi connectivity index (χ0v) is 12.1. The number of benzene rings is 1. The number of thiazole rings is 1. The lowest BCUT2D eigenvalue weighted by Gasteiger charge is -2.04. The van der Waals surface area contributed by atoms with Crippen LogP contribution >= 0.6 is 11.3 Å². The molecule has 0 saturated heterocycles. The summed E-state index contributed by atoms with van der Waals surface area (Å²) in [7, 11) is 0.